The fraction of sp³-hybridized carbons (Fsp3) is 0.167. The third kappa shape index (κ3) is 1.16. The van der Waals surface area contributed by atoms with Crippen molar-refractivity contribution in [3.8, 4) is 12.3 Å². The van der Waals surface area contributed by atoms with Crippen LogP contribution < -0.4 is 11.3 Å². The lowest BCUT2D eigenvalue weighted by atomic mass is 10.3. The molecule has 0 aliphatic rings. The second-order valence-electron chi connectivity index (χ2n) is 1.74. The van der Waals surface area contributed by atoms with Crippen LogP contribution in [0.25, 0.3) is 0 Å². The van der Waals surface area contributed by atoms with Crippen LogP contribution in [0.15, 0.2) is 12.4 Å². The Morgan fingerprint density at radius 2 is 2.70 bits per heavy atom. The van der Waals surface area contributed by atoms with E-state index in [2.05, 4.69) is 21.3 Å². The number of nitrogens with zero attached hydrogens (tertiary/aromatic N) is 1. The molecule has 4 N–H and O–H groups in total. The summed E-state index contributed by atoms with van der Waals surface area (Å²) < 4.78 is 0. The first kappa shape index (κ1) is 6.81. The molecule has 0 fully saturated rings. The Hall–Kier alpha value is -1.31. The van der Waals surface area contributed by atoms with E-state index in [1.807, 2.05) is 0 Å². The lowest BCUT2D eigenvalue weighted by Gasteiger charge is -2.03. The third-order valence-electron chi connectivity index (χ3n) is 1.13. The number of nitrogens with two attached hydrogens (primary N) is 1. The van der Waals surface area contributed by atoms with Crippen LogP contribution in [0, 0.1) is 12.3 Å². The van der Waals surface area contributed by atoms with Gasteiger partial charge in [-0.2, -0.15) is 0 Å². The van der Waals surface area contributed by atoms with Gasteiger partial charge >= 0.3 is 0 Å². The largest absolute Gasteiger partial charge is 0.346 e. The van der Waals surface area contributed by atoms with Crippen molar-refractivity contribution in [1.82, 2.24) is 15.4 Å². The number of nitrogens with one attached hydrogen (secondary N) is 2. The van der Waals surface area contributed by atoms with E-state index in [9.17, 15) is 0 Å². The summed E-state index contributed by atoms with van der Waals surface area (Å²) in [6.07, 6.45) is 8.44. The van der Waals surface area contributed by atoms with Crippen molar-refractivity contribution in [3.63, 3.8) is 0 Å². The molecule has 52 valence electrons. The van der Waals surface area contributed by atoms with E-state index in [0.29, 0.717) is 5.82 Å². The quantitative estimate of drug-likeness (QED) is 0.293. The fourth-order valence-corrected chi connectivity index (χ4v) is 0.641. The predicted molar refractivity (Wildman–Crippen MR) is 37.5 cm³/mol. The molecule has 0 saturated heterocycles. The Balaban J connectivity index is 2.76. The molecule has 10 heavy (non-hydrogen) atoms. The predicted octanol–water partition coefficient (Wildman–Crippen LogP) is -0.453. The molecule has 0 saturated carbocycles. The molecule has 1 aromatic heterocycles. The normalized spacial score (nSPS) is 12.4. The molecule has 1 atom stereocenters. The van der Waals surface area contributed by atoms with E-state index in [4.69, 9.17) is 12.3 Å². The second-order valence-corrected chi connectivity index (χ2v) is 1.74. The van der Waals surface area contributed by atoms with Crippen molar-refractivity contribution in [1.29, 1.82) is 0 Å². The van der Waals surface area contributed by atoms with Crippen molar-refractivity contribution < 1.29 is 0 Å². The molecule has 1 rings (SSSR count). The zero-order chi connectivity index (χ0) is 7.40. The molecule has 0 amide bonds. The number of terminal acetylenes is 1. The van der Waals surface area contributed by atoms with Crippen LogP contribution in [0.1, 0.15) is 11.9 Å². The van der Waals surface area contributed by atoms with Gasteiger partial charge in [0.1, 0.15) is 11.9 Å². The van der Waals surface area contributed by atoms with Crippen LogP contribution in [0.4, 0.5) is 0 Å². The minimum atomic E-state index is -0.324. The number of imidazole rings is 1. The maximum Gasteiger partial charge on any atom is 0.139 e. The van der Waals surface area contributed by atoms with Crippen LogP contribution in [-0.4, -0.2) is 9.97 Å². The van der Waals surface area contributed by atoms with Gasteiger partial charge in [-0.25, -0.2) is 10.4 Å². The highest BCUT2D eigenvalue weighted by Gasteiger charge is 2.05. The highest BCUT2D eigenvalue weighted by atomic mass is 15.2. The summed E-state index contributed by atoms with van der Waals surface area (Å²) >= 11 is 0. The highest BCUT2D eigenvalue weighted by Crippen LogP contribution is 2.01. The van der Waals surface area contributed by atoms with Crippen molar-refractivity contribution in [2.75, 3.05) is 0 Å². The Morgan fingerprint density at radius 1 is 1.90 bits per heavy atom. The molecule has 0 radical (unpaired) electrons. The van der Waals surface area contributed by atoms with Crippen LogP contribution in [-0.2, 0) is 0 Å². The summed E-state index contributed by atoms with van der Waals surface area (Å²) in [5.74, 6) is 8.20. The molecular formula is C6H8N4. The summed E-state index contributed by atoms with van der Waals surface area (Å²) in [5.41, 5.74) is 2.42. The fourth-order valence-electron chi connectivity index (χ4n) is 0.641. The maximum atomic E-state index is 5.12. The SMILES string of the molecule is C#CC(NN)c1ncc[nH]1. The molecule has 1 aromatic rings. The lowest BCUT2D eigenvalue weighted by molar-refractivity contribution is 0.643. The first-order chi connectivity index (χ1) is 4.88. The first-order valence-corrected chi connectivity index (χ1v) is 2.80. The molecule has 1 heterocycles. The molecule has 1 unspecified atom stereocenters. The standard InChI is InChI=1S/C6H8N4/c1-2-5(10-7)6-8-3-4-9-6/h1,3-5,10H,7H2,(H,8,9). The molecule has 4 nitrogen and oxygen atoms in total. The summed E-state index contributed by atoms with van der Waals surface area (Å²) in [4.78, 5) is 6.76. The average Bonchev–Trinajstić information content (AvgIpc) is 2.43. The second kappa shape index (κ2) is 3.01. The molecule has 0 bridgehead atoms. The summed E-state index contributed by atoms with van der Waals surface area (Å²) in [6.45, 7) is 0. The number of aromatic nitrogens is 2. The number of hydrogen-bond acceptors (Lipinski definition) is 3. The summed E-state index contributed by atoms with van der Waals surface area (Å²) in [5, 5.41) is 0. The van der Waals surface area contributed by atoms with E-state index in [1.54, 1.807) is 12.4 Å². The van der Waals surface area contributed by atoms with Gasteiger partial charge in [-0.15, -0.1) is 6.42 Å². The summed E-state index contributed by atoms with van der Waals surface area (Å²) in [6, 6.07) is -0.324. The number of aromatic amines is 1. The van der Waals surface area contributed by atoms with Crippen LogP contribution in [0.3, 0.4) is 0 Å². The minimum absolute atomic E-state index is 0.324. The Labute approximate surface area is 58.8 Å². The van der Waals surface area contributed by atoms with Crippen molar-refractivity contribution in [2.24, 2.45) is 5.84 Å². The van der Waals surface area contributed by atoms with Gasteiger partial charge in [-0.3, -0.25) is 5.84 Å². The van der Waals surface area contributed by atoms with Gasteiger partial charge in [-0.1, -0.05) is 5.92 Å². The van der Waals surface area contributed by atoms with Gasteiger partial charge in [0.05, 0.1) is 0 Å². The molecule has 4 heteroatoms. The van der Waals surface area contributed by atoms with Gasteiger partial charge in [0.2, 0.25) is 0 Å². The van der Waals surface area contributed by atoms with Gasteiger partial charge in [0.25, 0.3) is 0 Å². The number of H-pyrrole nitrogens is 1. The minimum Gasteiger partial charge on any atom is -0.346 e. The molecule has 0 spiro atoms. The zero-order valence-corrected chi connectivity index (χ0v) is 5.33. The topological polar surface area (TPSA) is 66.7 Å². The van der Waals surface area contributed by atoms with E-state index in [0.717, 1.165) is 0 Å². The molecule has 0 aliphatic carbocycles. The maximum absolute atomic E-state index is 5.12. The Morgan fingerprint density at radius 3 is 3.10 bits per heavy atom. The first-order valence-electron chi connectivity index (χ1n) is 2.80. The molecular weight excluding hydrogens is 128 g/mol. The summed E-state index contributed by atoms with van der Waals surface area (Å²) in [7, 11) is 0. The third-order valence-corrected chi connectivity index (χ3v) is 1.13. The van der Waals surface area contributed by atoms with Gasteiger partial charge in [0, 0.05) is 12.4 Å². The highest BCUT2D eigenvalue weighted by molar-refractivity contribution is 5.09. The smallest absolute Gasteiger partial charge is 0.139 e. The number of hydrogen-bond donors (Lipinski definition) is 3. The Kier molecular flexibility index (Phi) is 2.05. The van der Waals surface area contributed by atoms with E-state index >= 15 is 0 Å². The van der Waals surface area contributed by atoms with Crippen molar-refractivity contribution >= 4 is 0 Å². The van der Waals surface area contributed by atoms with E-state index in [1.165, 1.54) is 0 Å². The van der Waals surface area contributed by atoms with E-state index < -0.39 is 0 Å². The zero-order valence-electron chi connectivity index (χ0n) is 5.33. The lowest BCUT2D eigenvalue weighted by Crippen LogP contribution is -2.27. The van der Waals surface area contributed by atoms with Gasteiger partial charge < -0.3 is 4.98 Å². The van der Waals surface area contributed by atoms with Gasteiger partial charge in [-0.05, 0) is 0 Å². The van der Waals surface area contributed by atoms with Crippen molar-refractivity contribution in [3.05, 3.63) is 18.2 Å². The number of hydrazine groups is 1. The molecule has 0 aromatic carbocycles. The molecule has 0 aliphatic heterocycles. The van der Waals surface area contributed by atoms with Crippen molar-refractivity contribution in [2.45, 2.75) is 6.04 Å². The average molecular weight is 136 g/mol. The number of rotatable bonds is 2. The van der Waals surface area contributed by atoms with Crippen LogP contribution in [0.5, 0.6) is 0 Å². The van der Waals surface area contributed by atoms with Gasteiger partial charge in [0.15, 0.2) is 0 Å². The van der Waals surface area contributed by atoms with Crippen LogP contribution >= 0.6 is 0 Å². The monoisotopic (exact) mass is 136 g/mol. The van der Waals surface area contributed by atoms with E-state index in [-0.39, 0.29) is 6.04 Å². The Bertz CT molecular complexity index is 220. The van der Waals surface area contributed by atoms with Crippen LogP contribution in [0.2, 0.25) is 0 Å².